The van der Waals surface area contributed by atoms with E-state index in [4.69, 9.17) is 4.74 Å². The monoisotopic (exact) mass is 343 g/mol. The molecule has 1 amide bonds. The highest BCUT2D eigenvalue weighted by molar-refractivity contribution is 7.99. The summed E-state index contributed by atoms with van der Waals surface area (Å²) in [4.78, 5) is 12.2. The maximum Gasteiger partial charge on any atom is 0.234 e. The number of hydrogen-bond acceptors (Lipinski definition) is 3. The Bertz CT molecular complexity index is 690. The van der Waals surface area contributed by atoms with Gasteiger partial charge >= 0.3 is 0 Å². The normalized spacial score (nSPS) is 10.5. The van der Waals surface area contributed by atoms with E-state index < -0.39 is 0 Å². The molecule has 1 N–H and O–H groups in total. The molecule has 0 atom stereocenters. The zero-order chi connectivity index (χ0) is 17.5. The molecule has 128 valence electrons. The summed E-state index contributed by atoms with van der Waals surface area (Å²) in [6.45, 7) is 8.75. The van der Waals surface area contributed by atoms with Crippen LogP contribution in [-0.2, 0) is 10.5 Å². The van der Waals surface area contributed by atoms with Gasteiger partial charge in [-0.1, -0.05) is 35.9 Å². The maximum absolute atomic E-state index is 12.2. The predicted octanol–water partition coefficient (Wildman–Crippen LogP) is 4.88. The minimum Gasteiger partial charge on any atom is -0.494 e. The van der Waals surface area contributed by atoms with Gasteiger partial charge in [0.05, 0.1) is 12.4 Å². The molecular formula is C20H25NO2S. The Labute approximate surface area is 148 Å². The van der Waals surface area contributed by atoms with Crippen LogP contribution in [0.3, 0.4) is 0 Å². The van der Waals surface area contributed by atoms with Crippen molar-refractivity contribution in [3.63, 3.8) is 0 Å². The number of para-hydroxylation sites is 1. The summed E-state index contributed by atoms with van der Waals surface area (Å²) in [6, 6.07) is 12.2. The lowest BCUT2D eigenvalue weighted by atomic mass is 10.1. The number of carbonyl (C=O) groups is 1. The number of thioether (sulfide) groups is 1. The van der Waals surface area contributed by atoms with E-state index in [9.17, 15) is 4.79 Å². The molecule has 2 aromatic carbocycles. The number of carbonyl (C=O) groups excluding carboxylic acids is 1. The molecule has 0 unspecified atom stereocenters. The average Bonchev–Trinajstić information content (AvgIpc) is 2.53. The molecule has 4 heteroatoms. The van der Waals surface area contributed by atoms with Crippen molar-refractivity contribution in [2.45, 2.75) is 33.4 Å². The van der Waals surface area contributed by atoms with E-state index >= 15 is 0 Å². The second-order valence-electron chi connectivity index (χ2n) is 5.86. The van der Waals surface area contributed by atoms with Gasteiger partial charge in [-0.2, -0.15) is 0 Å². The first-order valence-electron chi connectivity index (χ1n) is 8.17. The fourth-order valence-electron chi connectivity index (χ4n) is 2.73. The third-order valence-corrected chi connectivity index (χ3v) is 4.69. The van der Waals surface area contributed by atoms with Gasteiger partial charge in [0.25, 0.3) is 0 Å². The molecule has 3 nitrogen and oxygen atoms in total. The lowest BCUT2D eigenvalue weighted by molar-refractivity contribution is -0.113. The minimum absolute atomic E-state index is 0.0314. The lowest BCUT2D eigenvalue weighted by Gasteiger charge is -2.13. The first-order valence-corrected chi connectivity index (χ1v) is 9.33. The van der Waals surface area contributed by atoms with Gasteiger partial charge in [-0.3, -0.25) is 4.79 Å². The summed E-state index contributed by atoms with van der Waals surface area (Å²) in [6.07, 6.45) is 0. The first-order chi connectivity index (χ1) is 11.5. The molecule has 0 spiro atoms. The van der Waals surface area contributed by atoms with E-state index in [1.807, 2.05) is 45.0 Å². The Kier molecular flexibility index (Phi) is 6.73. The fourth-order valence-corrected chi connectivity index (χ4v) is 3.54. The Balaban J connectivity index is 1.91. The summed E-state index contributed by atoms with van der Waals surface area (Å²) >= 11 is 1.60. The van der Waals surface area contributed by atoms with Gasteiger partial charge in [0.15, 0.2) is 0 Å². The van der Waals surface area contributed by atoms with Crippen LogP contribution < -0.4 is 10.1 Å². The van der Waals surface area contributed by atoms with Gasteiger partial charge in [-0.15, -0.1) is 11.8 Å². The lowest BCUT2D eigenvalue weighted by Crippen LogP contribution is -2.16. The van der Waals surface area contributed by atoms with Crippen molar-refractivity contribution in [1.82, 2.24) is 0 Å². The van der Waals surface area contributed by atoms with Crippen LogP contribution in [0.1, 0.15) is 29.2 Å². The Hall–Kier alpha value is -1.94. The van der Waals surface area contributed by atoms with Gasteiger partial charge in [-0.05, 0) is 44.9 Å². The smallest absolute Gasteiger partial charge is 0.234 e. The van der Waals surface area contributed by atoms with E-state index in [2.05, 4.69) is 24.4 Å². The standard InChI is InChI=1S/C20H25NO2S/c1-5-23-18-9-7-6-8-17(18)12-24-13-19(22)21-20-15(3)10-14(2)11-16(20)4/h6-11H,5,12-13H2,1-4H3,(H,21,22). The Morgan fingerprint density at radius 2 is 1.79 bits per heavy atom. The number of amides is 1. The molecular weight excluding hydrogens is 318 g/mol. The summed E-state index contributed by atoms with van der Waals surface area (Å²) in [5.74, 6) is 2.12. The van der Waals surface area contributed by atoms with Crippen LogP contribution in [0.15, 0.2) is 36.4 Å². The molecule has 0 saturated heterocycles. The van der Waals surface area contributed by atoms with E-state index in [1.165, 1.54) is 5.56 Å². The molecule has 0 radical (unpaired) electrons. The quantitative estimate of drug-likeness (QED) is 0.778. The van der Waals surface area contributed by atoms with Crippen molar-refractivity contribution in [2.24, 2.45) is 0 Å². The zero-order valence-electron chi connectivity index (χ0n) is 14.8. The highest BCUT2D eigenvalue weighted by Crippen LogP contribution is 2.24. The number of benzene rings is 2. The molecule has 0 aliphatic rings. The molecule has 0 saturated carbocycles. The summed E-state index contributed by atoms with van der Waals surface area (Å²) in [5, 5.41) is 3.04. The van der Waals surface area contributed by atoms with E-state index in [0.717, 1.165) is 33.9 Å². The van der Waals surface area contributed by atoms with Crippen LogP contribution in [0.25, 0.3) is 0 Å². The summed E-state index contributed by atoms with van der Waals surface area (Å²) in [5.41, 5.74) is 5.48. The summed E-state index contributed by atoms with van der Waals surface area (Å²) < 4.78 is 5.62. The number of anilines is 1. The molecule has 0 fully saturated rings. The number of rotatable bonds is 7. The van der Waals surface area contributed by atoms with Gasteiger partial charge < -0.3 is 10.1 Å². The minimum atomic E-state index is 0.0314. The molecule has 0 aliphatic carbocycles. The molecule has 0 aromatic heterocycles. The van der Waals surface area contributed by atoms with Crippen molar-refractivity contribution in [3.8, 4) is 5.75 Å². The zero-order valence-corrected chi connectivity index (χ0v) is 15.6. The van der Waals surface area contributed by atoms with Crippen molar-refractivity contribution in [3.05, 3.63) is 58.7 Å². The van der Waals surface area contributed by atoms with Crippen LogP contribution in [0, 0.1) is 20.8 Å². The van der Waals surface area contributed by atoms with Crippen LogP contribution in [0.2, 0.25) is 0 Å². The maximum atomic E-state index is 12.2. The second-order valence-corrected chi connectivity index (χ2v) is 6.84. The van der Waals surface area contributed by atoms with Gasteiger partial charge in [0.1, 0.15) is 5.75 Å². The average molecular weight is 343 g/mol. The Morgan fingerprint density at radius 3 is 2.46 bits per heavy atom. The van der Waals surface area contributed by atoms with Crippen LogP contribution >= 0.6 is 11.8 Å². The highest BCUT2D eigenvalue weighted by Gasteiger charge is 2.09. The molecule has 2 rings (SSSR count). The van der Waals surface area contributed by atoms with Crippen molar-refractivity contribution in [2.75, 3.05) is 17.7 Å². The third kappa shape index (κ3) is 5.03. The molecule has 0 bridgehead atoms. The molecule has 0 heterocycles. The van der Waals surface area contributed by atoms with Crippen molar-refractivity contribution >= 4 is 23.4 Å². The molecule has 2 aromatic rings. The number of nitrogens with one attached hydrogen (secondary N) is 1. The summed E-state index contributed by atoms with van der Waals surface area (Å²) in [7, 11) is 0. The van der Waals surface area contributed by atoms with E-state index in [-0.39, 0.29) is 5.91 Å². The third-order valence-electron chi connectivity index (χ3n) is 3.70. The van der Waals surface area contributed by atoms with Crippen LogP contribution in [0.4, 0.5) is 5.69 Å². The van der Waals surface area contributed by atoms with E-state index in [1.54, 1.807) is 11.8 Å². The first kappa shape index (κ1) is 18.4. The van der Waals surface area contributed by atoms with Crippen LogP contribution in [-0.4, -0.2) is 18.3 Å². The van der Waals surface area contributed by atoms with Crippen molar-refractivity contribution in [1.29, 1.82) is 0 Å². The van der Waals surface area contributed by atoms with Crippen molar-refractivity contribution < 1.29 is 9.53 Å². The topological polar surface area (TPSA) is 38.3 Å². The largest absolute Gasteiger partial charge is 0.494 e. The second kappa shape index (κ2) is 8.78. The fraction of sp³-hybridized carbons (Fsp3) is 0.350. The van der Waals surface area contributed by atoms with Gasteiger partial charge in [0.2, 0.25) is 5.91 Å². The molecule has 0 aliphatic heterocycles. The number of aryl methyl sites for hydroxylation is 3. The highest BCUT2D eigenvalue weighted by atomic mass is 32.2. The Morgan fingerprint density at radius 1 is 1.12 bits per heavy atom. The number of ether oxygens (including phenoxy) is 1. The SMILES string of the molecule is CCOc1ccccc1CSCC(=O)Nc1c(C)cc(C)cc1C. The van der Waals surface area contributed by atoms with Gasteiger partial charge in [0, 0.05) is 17.0 Å². The number of hydrogen-bond donors (Lipinski definition) is 1. The van der Waals surface area contributed by atoms with Crippen LogP contribution in [0.5, 0.6) is 5.75 Å². The molecule has 24 heavy (non-hydrogen) atoms. The van der Waals surface area contributed by atoms with E-state index in [0.29, 0.717) is 12.4 Å². The van der Waals surface area contributed by atoms with Gasteiger partial charge in [-0.25, -0.2) is 0 Å². The predicted molar refractivity (Wildman–Crippen MR) is 103 cm³/mol.